The second-order valence-electron chi connectivity index (χ2n) is 12.7. The van der Waals surface area contributed by atoms with Gasteiger partial charge in [-0.25, -0.2) is 0 Å². The van der Waals surface area contributed by atoms with Gasteiger partial charge in [0.05, 0.1) is 24.2 Å². The molecule has 4 saturated carbocycles. The van der Waals surface area contributed by atoms with Crippen LogP contribution in [-0.2, 0) is 4.79 Å². The van der Waals surface area contributed by atoms with Crippen molar-refractivity contribution in [3.05, 3.63) is 0 Å². The summed E-state index contributed by atoms with van der Waals surface area (Å²) in [6.45, 7) is 8.80. The van der Waals surface area contributed by atoms with Gasteiger partial charge >= 0.3 is 5.97 Å². The molecule has 5 heteroatoms. The number of aliphatic carboxylic acids is 1. The molecule has 12 atom stereocenters. The lowest BCUT2D eigenvalue weighted by Crippen LogP contribution is -2.58. The minimum atomic E-state index is -0.926. The number of aliphatic hydroxyl groups excluding tert-OH is 3. The zero-order chi connectivity index (χ0) is 23.4. The number of aliphatic hydroxyl groups is 3. The van der Waals surface area contributed by atoms with Gasteiger partial charge in [-0.2, -0.15) is 0 Å². The van der Waals surface area contributed by atoms with Crippen molar-refractivity contribution >= 4 is 5.97 Å². The van der Waals surface area contributed by atoms with Crippen LogP contribution in [-0.4, -0.2) is 44.7 Å². The average Bonchev–Trinajstić information content (AvgIpc) is 3.09. The van der Waals surface area contributed by atoms with Crippen LogP contribution in [0.2, 0.25) is 0 Å². The van der Waals surface area contributed by atoms with Crippen LogP contribution in [0.25, 0.3) is 0 Å². The summed E-state index contributed by atoms with van der Waals surface area (Å²) in [5, 5.41) is 41.1. The first-order valence-corrected chi connectivity index (χ1v) is 13.3. The van der Waals surface area contributed by atoms with Crippen molar-refractivity contribution in [3.8, 4) is 0 Å². The van der Waals surface area contributed by atoms with Gasteiger partial charge in [0.25, 0.3) is 0 Å². The lowest BCUT2D eigenvalue weighted by molar-refractivity contribution is -0.174. The maximum atomic E-state index is 11.3. The summed E-state index contributed by atoms with van der Waals surface area (Å²) in [5.41, 5.74) is 0.480. The van der Waals surface area contributed by atoms with E-state index in [1.54, 1.807) is 6.92 Å². The number of carboxylic acids is 1. The second kappa shape index (κ2) is 8.85. The van der Waals surface area contributed by atoms with Gasteiger partial charge in [-0.3, -0.25) is 4.79 Å². The van der Waals surface area contributed by atoms with E-state index in [-0.39, 0.29) is 23.0 Å². The third-order valence-corrected chi connectivity index (χ3v) is 11.3. The number of hydrogen-bond acceptors (Lipinski definition) is 4. The minimum absolute atomic E-state index is 0.193. The van der Waals surface area contributed by atoms with Crippen LogP contribution in [0.15, 0.2) is 0 Å². The first-order valence-electron chi connectivity index (χ1n) is 13.3. The number of fused-ring (bicyclic) bond motifs is 5. The van der Waals surface area contributed by atoms with Crippen LogP contribution >= 0.6 is 0 Å². The first-order chi connectivity index (χ1) is 15.0. The van der Waals surface area contributed by atoms with E-state index in [0.717, 1.165) is 32.1 Å². The fourth-order valence-corrected chi connectivity index (χ4v) is 9.22. The normalized spacial score (nSPS) is 48.8. The standard InChI is InChI=1S/C27H46O5/c1-15(5-8-22(29)16(2)25(31)32)19-6-7-20-24-21(10-12-27(19,20)4)26(3)11-9-18(28)13-17(26)14-23(24)30/h15-24,28-30H,5-14H2,1-4H3,(H,31,32). The van der Waals surface area contributed by atoms with Gasteiger partial charge in [-0.1, -0.05) is 20.8 Å². The van der Waals surface area contributed by atoms with Gasteiger partial charge in [0, 0.05) is 0 Å². The molecule has 12 unspecified atom stereocenters. The van der Waals surface area contributed by atoms with E-state index in [2.05, 4.69) is 20.8 Å². The van der Waals surface area contributed by atoms with E-state index in [4.69, 9.17) is 0 Å². The highest BCUT2D eigenvalue weighted by molar-refractivity contribution is 5.70. The number of carbonyl (C=O) groups is 1. The molecule has 0 saturated heterocycles. The Labute approximate surface area is 194 Å². The molecule has 5 nitrogen and oxygen atoms in total. The highest BCUT2D eigenvalue weighted by Crippen LogP contribution is 2.68. The molecule has 0 aromatic carbocycles. The smallest absolute Gasteiger partial charge is 0.308 e. The molecule has 0 spiro atoms. The van der Waals surface area contributed by atoms with Gasteiger partial charge < -0.3 is 20.4 Å². The van der Waals surface area contributed by atoms with Crippen LogP contribution < -0.4 is 0 Å². The van der Waals surface area contributed by atoms with Gasteiger partial charge in [0.15, 0.2) is 0 Å². The van der Waals surface area contributed by atoms with Crippen LogP contribution in [0.1, 0.15) is 91.9 Å². The molecule has 0 bridgehead atoms. The van der Waals surface area contributed by atoms with Crippen molar-refractivity contribution in [2.24, 2.45) is 52.3 Å². The van der Waals surface area contributed by atoms with Crippen LogP contribution in [0.5, 0.6) is 0 Å². The molecule has 0 amide bonds. The lowest BCUT2D eigenvalue weighted by atomic mass is 9.43. The summed E-state index contributed by atoms with van der Waals surface area (Å²) in [5.74, 6) is 1.32. The fraction of sp³-hybridized carbons (Fsp3) is 0.963. The zero-order valence-electron chi connectivity index (χ0n) is 20.5. The molecule has 4 fully saturated rings. The van der Waals surface area contributed by atoms with Crippen molar-refractivity contribution in [1.29, 1.82) is 0 Å². The van der Waals surface area contributed by atoms with Crippen LogP contribution in [0.4, 0.5) is 0 Å². The number of rotatable bonds is 6. The first kappa shape index (κ1) is 24.5. The zero-order valence-corrected chi connectivity index (χ0v) is 20.5. The van der Waals surface area contributed by atoms with E-state index in [9.17, 15) is 25.2 Å². The molecular weight excluding hydrogens is 404 g/mol. The Balaban J connectivity index is 1.47. The molecule has 0 aromatic rings. The van der Waals surface area contributed by atoms with Crippen LogP contribution in [0.3, 0.4) is 0 Å². The summed E-state index contributed by atoms with van der Waals surface area (Å²) in [7, 11) is 0. The predicted octanol–water partition coefficient (Wildman–Crippen LogP) is 4.47. The predicted molar refractivity (Wildman–Crippen MR) is 124 cm³/mol. The topological polar surface area (TPSA) is 98.0 Å². The van der Waals surface area contributed by atoms with Gasteiger partial charge in [-0.15, -0.1) is 0 Å². The molecule has 0 radical (unpaired) electrons. The Morgan fingerprint density at radius 3 is 2.28 bits per heavy atom. The molecule has 4 rings (SSSR count). The maximum Gasteiger partial charge on any atom is 0.308 e. The molecule has 4 aliphatic carbocycles. The second-order valence-corrected chi connectivity index (χ2v) is 12.7. The molecule has 4 N–H and O–H groups in total. The Morgan fingerprint density at radius 1 is 0.938 bits per heavy atom. The van der Waals surface area contributed by atoms with Crippen molar-refractivity contribution in [2.45, 2.75) is 110 Å². The Bertz CT molecular complexity index is 696. The Morgan fingerprint density at radius 2 is 1.59 bits per heavy atom. The Kier molecular flexibility index (Phi) is 6.77. The number of hydrogen-bond donors (Lipinski definition) is 4. The summed E-state index contributed by atoms with van der Waals surface area (Å²) in [4.78, 5) is 11.2. The summed E-state index contributed by atoms with van der Waals surface area (Å²) in [6.07, 6.45) is 8.64. The van der Waals surface area contributed by atoms with Gasteiger partial charge in [0.1, 0.15) is 0 Å². The SMILES string of the molecule is CC(CCC(O)C(C)C(=O)O)C1CCC2C3C(O)CC4CC(O)CCC4(C)C3CCC12C. The van der Waals surface area contributed by atoms with Crippen molar-refractivity contribution < 1.29 is 25.2 Å². The maximum absolute atomic E-state index is 11.3. The van der Waals surface area contributed by atoms with E-state index < -0.39 is 18.0 Å². The van der Waals surface area contributed by atoms with Gasteiger partial charge in [0.2, 0.25) is 0 Å². The largest absolute Gasteiger partial charge is 0.481 e. The van der Waals surface area contributed by atoms with Gasteiger partial charge in [-0.05, 0) is 117 Å². The molecule has 0 aliphatic heterocycles. The monoisotopic (exact) mass is 450 g/mol. The fourth-order valence-electron chi connectivity index (χ4n) is 9.22. The highest BCUT2D eigenvalue weighted by Gasteiger charge is 2.62. The molecule has 4 aliphatic rings. The minimum Gasteiger partial charge on any atom is -0.481 e. The van der Waals surface area contributed by atoms with E-state index in [1.165, 1.54) is 25.7 Å². The molecule has 32 heavy (non-hydrogen) atoms. The molecular formula is C27H46O5. The third kappa shape index (κ3) is 3.94. The third-order valence-electron chi connectivity index (χ3n) is 11.3. The molecule has 184 valence electrons. The molecule has 0 aromatic heterocycles. The van der Waals surface area contributed by atoms with E-state index in [0.29, 0.717) is 41.9 Å². The van der Waals surface area contributed by atoms with E-state index >= 15 is 0 Å². The highest BCUT2D eigenvalue weighted by atomic mass is 16.4. The van der Waals surface area contributed by atoms with Crippen molar-refractivity contribution in [1.82, 2.24) is 0 Å². The summed E-state index contributed by atoms with van der Waals surface area (Å²) in [6, 6.07) is 0. The molecule has 0 heterocycles. The van der Waals surface area contributed by atoms with E-state index in [1.807, 2.05) is 0 Å². The van der Waals surface area contributed by atoms with Crippen molar-refractivity contribution in [2.75, 3.05) is 0 Å². The number of carboxylic acid groups (broad SMARTS) is 1. The summed E-state index contributed by atoms with van der Waals surface area (Å²) >= 11 is 0. The summed E-state index contributed by atoms with van der Waals surface area (Å²) < 4.78 is 0. The lowest BCUT2D eigenvalue weighted by Gasteiger charge is -2.62. The van der Waals surface area contributed by atoms with Crippen molar-refractivity contribution in [3.63, 3.8) is 0 Å². The quantitative estimate of drug-likeness (QED) is 0.478. The Hall–Kier alpha value is -0.650. The van der Waals surface area contributed by atoms with Crippen LogP contribution in [0, 0.1) is 52.3 Å². The average molecular weight is 451 g/mol.